The van der Waals surface area contributed by atoms with Crippen LogP contribution in [0.25, 0.3) is 10.9 Å². The molecule has 0 fully saturated rings. The summed E-state index contributed by atoms with van der Waals surface area (Å²) in [5.74, 6) is 4.66. The Labute approximate surface area is 159 Å². The molecule has 134 valence electrons. The zero-order valence-electron chi connectivity index (χ0n) is 14.7. The molecule has 0 saturated heterocycles. The fourth-order valence-electron chi connectivity index (χ4n) is 2.52. The SMILES string of the molecule is C#Cc1cccc(Nc2ncnc3cc(OCC)c(OCC)cc23)c1.Cl. The second-order valence-electron chi connectivity index (χ2n) is 5.25. The average Bonchev–Trinajstić information content (AvgIpc) is 2.63. The molecule has 0 radical (unpaired) electrons. The lowest BCUT2D eigenvalue weighted by Crippen LogP contribution is -2.01. The number of benzene rings is 2. The van der Waals surface area contributed by atoms with Crippen LogP contribution in [0, 0.1) is 12.3 Å². The summed E-state index contributed by atoms with van der Waals surface area (Å²) >= 11 is 0. The molecule has 5 nitrogen and oxygen atoms in total. The van der Waals surface area contributed by atoms with Crippen LogP contribution in [0.1, 0.15) is 19.4 Å². The van der Waals surface area contributed by atoms with E-state index in [2.05, 4.69) is 21.2 Å². The molecule has 1 aromatic heterocycles. The fraction of sp³-hybridized carbons (Fsp3) is 0.200. The highest BCUT2D eigenvalue weighted by Gasteiger charge is 2.12. The molecule has 0 aliphatic heterocycles. The monoisotopic (exact) mass is 369 g/mol. The third kappa shape index (κ3) is 4.16. The summed E-state index contributed by atoms with van der Waals surface area (Å²) in [5, 5.41) is 4.15. The van der Waals surface area contributed by atoms with Crippen molar-refractivity contribution in [3.05, 3.63) is 48.3 Å². The highest BCUT2D eigenvalue weighted by molar-refractivity contribution is 5.93. The van der Waals surface area contributed by atoms with Gasteiger partial charge in [-0.05, 0) is 38.1 Å². The molecule has 1 heterocycles. The first-order valence-electron chi connectivity index (χ1n) is 8.13. The zero-order chi connectivity index (χ0) is 17.6. The van der Waals surface area contributed by atoms with Gasteiger partial charge in [-0.3, -0.25) is 0 Å². The van der Waals surface area contributed by atoms with Crippen LogP contribution >= 0.6 is 12.4 Å². The van der Waals surface area contributed by atoms with Crippen molar-refractivity contribution in [2.24, 2.45) is 0 Å². The summed E-state index contributed by atoms with van der Waals surface area (Å²) in [7, 11) is 0. The predicted octanol–water partition coefficient (Wildman–Crippen LogP) is 4.57. The van der Waals surface area contributed by atoms with E-state index in [4.69, 9.17) is 15.9 Å². The highest BCUT2D eigenvalue weighted by Crippen LogP contribution is 2.35. The van der Waals surface area contributed by atoms with Crippen molar-refractivity contribution in [1.29, 1.82) is 0 Å². The van der Waals surface area contributed by atoms with Crippen molar-refractivity contribution in [1.82, 2.24) is 9.97 Å². The van der Waals surface area contributed by atoms with E-state index >= 15 is 0 Å². The molecule has 0 bridgehead atoms. The first-order chi connectivity index (χ1) is 12.2. The molecule has 3 aromatic rings. The van der Waals surface area contributed by atoms with Gasteiger partial charge in [0.15, 0.2) is 11.5 Å². The molecule has 0 aliphatic rings. The van der Waals surface area contributed by atoms with Crippen LogP contribution in [-0.4, -0.2) is 23.2 Å². The molecule has 6 heteroatoms. The molecule has 2 aromatic carbocycles. The molecule has 0 unspecified atom stereocenters. The molecule has 0 spiro atoms. The van der Waals surface area contributed by atoms with Crippen LogP contribution in [0.3, 0.4) is 0 Å². The minimum absolute atomic E-state index is 0. The zero-order valence-corrected chi connectivity index (χ0v) is 15.5. The summed E-state index contributed by atoms with van der Waals surface area (Å²) in [4.78, 5) is 8.71. The number of halogens is 1. The van der Waals surface area contributed by atoms with Gasteiger partial charge in [0.1, 0.15) is 12.1 Å². The van der Waals surface area contributed by atoms with E-state index in [9.17, 15) is 0 Å². The lowest BCUT2D eigenvalue weighted by atomic mass is 10.2. The smallest absolute Gasteiger partial charge is 0.163 e. The van der Waals surface area contributed by atoms with Crippen LogP contribution in [0.15, 0.2) is 42.7 Å². The number of anilines is 2. The Bertz CT molecular complexity index is 938. The summed E-state index contributed by atoms with van der Waals surface area (Å²) < 4.78 is 11.4. The second-order valence-corrected chi connectivity index (χ2v) is 5.25. The maximum Gasteiger partial charge on any atom is 0.163 e. The Morgan fingerprint density at radius 2 is 1.77 bits per heavy atom. The van der Waals surface area contributed by atoms with Gasteiger partial charge in [-0.2, -0.15) is 0 Å². The molecule has 0 amide bonds. The van der Waals surface area contributed by atoms with Crippen molar-refractivity contribution >= 4 is 34.8 Å². The molecular weight excluding hydrogens is 350 g/mol. The summed E-state index contributed by atoms with van der Waals surface area (Å²) in [5.41, 5.74) is 2.44. The van der Waals surface area contributed by atoms with E-state index in [0.717, 1.165) is 22.2 Å². The van der Waals surface area contributed by atoms with Crippen LogP contribution in [0.2, 0.25) is 0 Å². The molecule has 1 N–H and O–H groups in total. The van der Waals surface area contributed by atoms with Gasteiger partial charge in [0.05, 0.1) is 18.7 Å². The van der Waals surface area contributed by atoms with Crippen molar-refractivity contribution in [2.75, 3.05) is 18.5 Å². The maximum absolute atomic E-state index is 5.70. The Balaban J connectivity index is 0.00000243. The standard InChI is InChI=1S/C20H19N3O2.ClH/c1-4-14-8-7-9-15(10-14)23-20-16-11-18(24-5-2)19(25-6-3)12-17(16)21-13-22-20;/h1,7-13H,5-6H2,2-3H3,(H,21,22,23);1H. The number of fused-ring (bicyclic) bond motifs is 1. The molecule has 0 saturated carbocycles. The van der Waals surface area contributed by atoms with Gasteiger partial charge in [-0.25, -0.2) is 9.97 Å². The third-order valence-corrected chi connectivity index (χ3v) is 3.59. The van der Waals surface area contributed by atoms with Gasteiger partial charge >= 0.3 is 0 Å². The molecule has 0 atom stereocenters. The minimum atomic E-state index is 0. The van der Waals surface area contributed by atoms with Crippen molar-refractivity contribution in [3.63, 3.8) is 0 Å². The first-order valence-corrected chi connectivity index (χ1v) is 8.13. The number of hydrogen-bond donors (Lipinski definition) is 1. The van der Waals surface area contributed by atoms with E-state index in [-0.39, 0.29) is 12.4 Å². The van der Waals surface area contributed by atoms with E-state index in [1.165, 1.54) is 6.33 Å². The van der Waals surface area contributed by atoms with Gasteiger partial charge in [-0.1, -0.05) is 12.0 Å². The number of terminal acetylenes is 1. The predicted molar refractivity (Wildman–Crippen MR) is 107 cm³/mol. The summed E-state index contributed by atoms with van der Waals surface area (Å²) in [6.07, 6.45) is 6.99. The van der Waals surface area contributed by atoms with Gasteiger partial charge in [0.25, 0.3) is 0 Å². The quantitative estimate of drug-likeness (QED) is 0.645. The Morgan fingerprint density at radius 3 is 2.46 bits per heavy atom. The van der Waals surface area contributed by atoms with Crippen molar-refractivity contribution < 1.29 is 9.47 Å². The molecule has 26 heavy (non-hydrogen) atoms. The third-order valence-electron chi connectivity index (χ3n) is 3.59. The Hall–Kier alpha value is -2.97. The lowest BCUT2D eigenvalue weighted by Gasteiger charge is -2.14. The fourth-order valence-corrected chi connectivity index (χ4v) is 2.52. The van der Waals surface area contributed by atoms with Gasteiger partial charge in [0, 0.05) is 22.7 Å². The normalized spacial score (nSPS) is 9.88. The van der Waals surface area contributed by atoms with Crippen LogP contribution in [-0.2, 0) is 0 Å². The molecular formula is C20H20ClN3O2. The van der Waals surface area contributed by atoms with Crippen LogP contribution in [0.4, 0.5) is 11.5 Å². The topological polar surface area (TPSA) is 56.3 Å². The summed E-state index contributed by atoms with van der Waals surface area (Å²) in [6.45, 7) is 4.98. The Morgan fingerprint density at radius 1 is 1.04 bits per heavy atom. The second kappa shape index (κ2) is 8.93. The van der Waals surface area contributed by atoms with Gasteiger partial charge in [0.2, 0.25) is 0 Å². The number of rotatable bonds is 6. The number of ether oxygens (including phenoxy) is 2. The Kier molecular flexibility index (Phi) is 6.65. The van der Waals surface area contributed by atoms with E-state index in [1.54, 1.807) is 0 Å². The largest absolute Gasteiger partial charge is 0.490 e. The maximum atomic E-state index is 5.70. The lowest BCUT2D eigenvalue weighted by molar-refractivity contribution is 0.288. The van der Waals surface area contributed by atoms with E-state index in [0.29, 0.717) is 30.5 Å². The average molecular weight is 370 g/mol. The number of nitrogens with zero attached hydrogens (tertiary/aromatic N) is 2. The van der Waals surface area contributed by atoms with E-state index in [1.807, 2.05) is 50.2 Å². The van der Waals surface area contributed by atoms with Crippen LogP contribution in [0.5, 0.6) is 11.5 Å². The summed E-state index contributed by atoms with van der Waals surface area (Å²) in [6, 6.07) is 11.4. The number of nitrogens with one attached hydrogen (secondary N) is 1. The van der Waals surface area contributed by atoms with E-state index < -0.39 is 0 Å². The first kappa shape index (κ1) is 19.4. The van der Waals surface area contributed by atoms with Gasteiger partial charge in [-0.15, -0.1) is 18.8 Å². The van der Waals surface area contributed by atoms with Crippen LogP contribution < -0.4 is 14.8 Å². The van der Waals surface area contributed by atoms with Gasteiger partial charge < -0.3 is 14.8 Å². The number of hydrogen-bond acceptors (Lipinski definition) is 5. The molecule has 3 rings (SSSR count). The minimum Gasteiger partial charge on any atom is -0.490 e. The molecule has 0 aliphatic carbocycles. The number of aromatic nitrogens is 2. The highest BCUT2D eigenvalue weighted by atomic mass is 35.5. The van der Waals surface area contributed by atoms with Crippen molar-refractivity contribution in [3.8, 4) is 23.8 Å². The van der Waals surface area contributed by atoms with Crippen molar-refractivity contribution in [2.45, 2.75) is 13.8 Å².